The van der Waals surface area contributed by atoms with Gasteiger partial charge in [-0.1, -0.05) is 63.4 Å². The van der Waals surface area contributed by atoms with E-state index >= 15 is 0 Å². The predicted molar refractivity (Wildman–Crippen MR) is 96.5 cm³/mol. The molecule has 0 aromatic carbocycles. The van der Waals surface area contributed by atoms with E-state index in [0.29, 0.717) is 18.6 Å². The minimum absolute atomic E-state index is 0.314. The monoisotopic (exact) mass is 300 g/mol. The van der Waals surface area contributed by atoms with Crippen LogP contribution in [0, 0.1) is 23.7 Å². The molecule has 0 aliphatic carbocycles. The molecule has 122 valence electrons. The third-order valence-electron chi connectivity index (χ3n) is 3.52. The molecule has 0 atom stereocenters. The first-order valence-corrected chi connectivity index (χ1v) is 8.89. The lowest BCUT2D eigenvalue weighted by atomic mass is 10.1. The first-order chi connectivity index (χ1) is 10.8. The van der Waals surface area contributed by atoms with Crippen LogP contribution in [0.3, 0.4) is 0 Å². The van der Waals surface area contributed by atoms with Crippen molar-refractivity contribution in [3.05, 3.63) is 12.7 Å². The summed E-state index contributed by atoms with van der Waals surface area (Å²) in [6.07, 6.45) is 15.6. The van der Waals surface area contributed by atoms with Crippen molar-refractivity contribution in [2.75, 3.05) is 0 Å². The molecular formula is C21H32O. The van der Waals surface area contributed by atoms with Crippen LogP contribution in [0.2, 0.25) is 0 Å². The summed E-state index contributed by atoms with van der Waals surface area (Å²) in [5.41, 5.74) is 0. The van der Waals surface area contributed by atoms with Gasteiger partial charge in [-0.05, 0) is 31.1 Å². The molecular weight excluding hydrogens is 268 g/mol. The fourth-order valence-electron chi connectivity index (χ4n) is 2.18. The molecule has 0 N–H and O–H groups in total. The zero-order valence-electron chi connectivity index (χ0n) is 14.4. The average Bonchev–Trinajstić information content (AvgIpc) is 2.51. The normalized spacial score (nSPS) is 9.32. The van der Waals surface area contributed by atoms with Gasteiger partial charge in [0.15, 0.2) is 0 Å². The zero-order chi connectivity index (χ0) is 16.3. The Morgan fingerprint density at radius 1 is 0.864 bits per heavy atom. The van der Waals surface area contributed by atoms with Crippen molar-refractivity contribution in [2.24, 2.45) is 0 Å². The Morgan fingerprint density at radius 3 is 2.00 bits per heavy atom. The van der Waals surface area contributed by atoms with Crippen molar-refractivity contribution in [1.29, 1.82) is 0 Å². The minimum atomic E-state index is 0.314. The van der Waals surface area contributed by atoms with E-state index in [4.69, 9.17) is 0 Å². The standard InChI is InChI=1S/C21H32O/c1-3-5-6-7-8-9-10-11-12-13-14-15-16-17-18-20-21(22)19-4-2/h4H,2-3,5-8,13-20H2,1H3. The first kappa shape index (κ1) is 20.5. The second-order valence-corrected chi connectivity index (χ2v) is 5.71. The van der Waals surface area contributed by atoms with Gasteiger partial charge in [-0.25, -0.2) is 0 Å². The molecule has 0 radical (unpaired) electrons. The van der Waals surface area contributed by atoms with Crippen molar-refractivity contribution in [1.82, 2.24) is 0 Å². The predicted octanol–water partition coefficient (Wildman–Crippen LogP) is 5.84. The van der Waals surface area contributed by atoms with Crippen molar-refractivity contribution in [3.8, 4) is 23.7 Å². The molecule has 0 aliphatic rings. The smallest absolute Gasteiger partial charge is 0.136 e. The molecule has 1 heteroatoms. The Bertz CT molecular complexity index is 397. The summed E-state index contributed by atoms with van der Waals surface area (Å²) in [5, 5.41) is 0. The number of allylic oxidation sites excluding steroid dienone is 1. The second kappa shape index (κ2) is 17.6. The molecule has 1 nitrogen and oxygen atoms in total. The van der Waals surface area contributed by atoms with Crippen molar-refractivity contribution < 1.29 is 4.79 Å². The first-order valence-electron chi connectivity index (χ1n) is 8.89. The maximum absolute atomic E-state index is 11.3. The number of ketones is 1. The van der Waals surface area contributed by atoms with Crippen molar-refractivity contribution in [3.63, 3.8) is 0 Å². The number of hydrogen-bond donors (Lipinski definition) is 0. The van der Waals surface area contributed by atoms with Gasteiger partial charge in [-0.3, -0.25) is 4.79 Å². The molecule has 0 saturated carbocycles. The lowest BCUT2D eigenvalue weighted by Gasteiger charge is -1.99. The van der Waals surface area contributed by atoms with Gasteiger partial charge in [-0.15, -0.1) is 6.58 Å². The average molecular weight is 300 g/mol. The molecule has 0 fully saturated rings. The van der Waals surface area contributed by atoms with Crippen LogP contribution in [-0.2, 0) is 4.79 Å². The molecule has 0 aromatic heterocycles. The Hall–Kier alpha value is -1.47. The van der Waals surface area contributed by atoms with Crippen LogP contribution in [0.15, 0.2) is 12.7 Å². The van der Waals surface area contributed by atoms with Crippen molar-refractivity contribution in [2.45, 2.75) is 90.4 Å². The van der Waals surface area contributed by atoms with Crippen LogP contribution in [0.4, 0.5) is 0 Å². The number of hydrogen-bond acceptors (Lipinski definition) is 1. The highest BCUT2D eigenvalue weighted by Gasteiger charge is 1.98. The third-order valence-corrected chi connectivity index (χ3v) is 3.52. The number of carbonyl (C=O) groups excluding carboxylic acids is 1. The Kier molecular flexibility index (Phi) is 16.4. The summed E-state index contributed by atoms with van der Waals surface area (Å²) in [4.78, 5) is 11.3. The van der Waals surface area contributed by atoms with Crippen LogP contribution in [0.5, 0.6) is 0 Å². The summed E-state index contributed by atoms with van der Waals surface area (Å²) in [6.45, 7) is 5.80. The van der Waals surface area contributed by atoms with Gasteiger partial charge in [-0.2, -0.15) is 0 Å². The van der Waals surface area contributed by atoms with Gasteiger partial charge in [0, 0.05) is 25.7 Å². The minimum Gasteiger partial charge on any atom is -0.299 e. The second-order valence-electron chi connectivity index (χ2n) is 5.71. The number of carbonyl (C=O) groups is 1. The molecule has 0 aliphatic heterocycles. The summed E-state index contributed by atoms with van der Waals surface area (Å²) in [6, 6.07) is 0. The highest BCUT2D eigenvalue weighted by atomic mass is 16.1. The molecule has 0 amide bonds. The van der Waals surface area contributed by atoms with Gasteiger partial charge in [0.25, 0.3) is 0 Å². The van der Waals surface area contributed by atoms with Gasteiger partial charge in [0.1, 0.15) is 5.78 Å². The van der Waals surface area contributed by atoms with Crippen LogP contribution >= 0.6 is 0 Å². The van der Waals surface area contributed by atoms with E-state index in [9.17, 15) is 4.79 Å². The van der Waals surface area contributed by atoms with Gasteiger partial charge >= 0.3 is 0 Å². The topological polar surface area (TPSA) is 17.1 Å². The highest BCUT2D eigenvalue weighted by Crippen LogP contribution is 2.08. The molecule has 0 unspecified atom stereocenters. The van der Waals surface area contributed by atoms with E-state index in [0.717, 1.165) is 32.1 Å². The molecule has 0 bridgehead atoms. The molecule has 0 spiro atoms. The van der Waals surface area contributed by atoms with Crippen LogP contribution in [0.25, 0.3) is 0 Å². The fourth-order valence-corrected chi connectivity index (χ4v) is 2.18. The maximum Gasteiger partial charge on any atom is 0.136 e. The van der Waals surface area contributed by atoms with Gasteiger partial charge in [0.2, 0.25) is 0 Å². The Labute approximate surface area is 138 Å². The van der Waals surface area contributed by atoms with E-state index in [2.05, 4.69) is 37.2 Å². The summed E-state index contributed by atoms with van der Waals surface area (Å²) in [7, 11) is 0. The van der Waals surface area contributed by atoms with E-state index in [1.54, 1.807) is 6.08 Å². The van der Waals surface area contributed by atoms with Crippen LogP contribution in [-0.4, -0.2) is 5.78 Å². The van der Waals surface area contributed by atoms with Crippen LogP contribution in [0.1, 0.15) is 90.4 Å². The summed E-state index contributed by atoms with van der Waals surface area (Å²) in [5.74, 6) is 12.4. The number of Topliss-reactive ketones (excluding diaryl/α,β-unsaturated/α-hetero) is 1. The largest absolute Gasteiger partial charge is 0.299 e. The van der Waals surface area contributed by atoms with Gasteiger partial charge in [0.05, 0.1) is 0 Å². The molecule has 0 aromatic rings. The molecule has 0 heterocycles. The SMILES string of the molecule is C=CCC(=O)CCCCCCCC#CC#CCCCCCC. The highest BCUT2D eigenvalue weighted by molar-refractivity contribution is 5.79. The Morgan fingerprint density at radius 2 is 1.41 bits per heavy atom. The number of unbranched alkanes of at least 4 members (excludes halogenated alkanes) is 9. The zero-order valence-corrected chi connectivity index (χ0v) is 14.4. The summed E-state index contributed by atoms with van der Waals surface area (Å²) >= 11 is 0. The molecule has 22 heavy (non-hydrogen) atoms. The van der Waals surface area contributed by atoms with E-state index < -0.39 is 0 Å². The van der Waals surface area contributed by atoms with E-state index in [1.807, 2.05) is 0 Å². The van der Waals surface area contributed by atoms with Gasteiger partial charge < -0.3 is 0 Å². The quantitative estimate of drug-likeness (QED) is 0.237. The third kappa shape index (κ3) is 16.6. The van der Waals surface area contributed by atoms with E-state index in [1.165, 1.54) is 38.5 Å². The molecule has 0 rings (SSSR count). The lowest BCUT2D eigenvalue weighted by Crippen LogP contribution is -1.94. The van der Waals surface area contributed by atoms with Crippen LogP contribution < -0.4 is 0 Å². The van der Waals surface area contributed by atoms with Crippen molar-refractivity contribution >= 4 is 5.78 Å². The lowest BCUT2D eigenvalue weighted by molar-refractivity contribution is -0.118. The Balaban J connectivity index is 3.33. The van der Waals surface area contributed by atoms with E-state index in [-0.39, 0.29) is 0 Å². The number of rotatable bonds is 13. The fraction of sp³-hybridized carbons (Fsp3) is 0.667. The summed E-state index contributed by atoms with van der Waals surface area (Å²) < 4.78 is 0. The molecule has 0 saturated heterocycles. The maximum atomic E-state index is 11.3.